The number of rotatable bonds is 37. The van der Waals surface area contributed by atoms with E-state index in [-0.39, 0.29) is 12.4 Å². The van der Waals surface area contributed by atoms with E-state index in [4.69, 9.17) is 26.6 Å². The van der Waals surface area contributed by atoms with E-state index in [0.717, 1.165) is 44.6 Å². The van der Waals surface area contributed by atoms with Crippen LogP contribution in [-0.4, -0.2) is 81.8 Å². The van der Waals surface area contributed by atoms with Gasteiger partial charge < -0.3 is 31.5 Å². The van der Waals surface area contributed by atoms with Gasteiger partial charge in [0.15, 0.2) is 0 Å². The van der Waals surface area contributed by atoms with Gasteiger partial charge in [0.1, 0.15) is 0 Å². The standard InChI is InChI=1S/C36H79NO6Si2.ClH/c1-8-15-16-17-18-19-20-21-22-23-24-25-26-27-28-29-32-37(33-30-35-44(38-9-2,39-10-3)40-11-4)34-31-36-45(41-12-5,42-13-6)43-14-7;/h8-36H2,1-7H3;1H. The van der Waals surface area contributed by atoms with E-state index in [1.807, 2.05) is 41.5 Å². The minimum atomic E-state index is -2.61. The molecule has 0 N–H and O–H groups in total. The summed E-state index contributed by atoms with van der Waals surface area (Å²) < 4.78 is 36.7. The van der Waals surface area contributed by atoms with Crippen molar-refractivity contribution >= 4 is 30.0 Å². The Labute approximate surface area is 296 Å². The van der Waals surface area contributed by atoms with Crippen LogP contribution >= 0.6 is 12.4 Å². The minimum Gasteiger partial charge on any atom is -0.374 e. The maximum Gasteiger partial charge on any atom is 0.500 e. The SMILES string of the molecule is CCCCCCCCCCCCCCCCCCN(CCC[Si](OCC)(OCC)OCC)CCC[Si](OCC)(OCC)OCC.Cl. The molecule has 0 bridgehead atoms. The highest BCUT2D eigenvalue weighted by molar-refractivity contribution is 6.61. The first-order chi connectivity index (χ1) is 22.0. The zero-order chi connectivity index (χ0) is 33.3. The fourth-order valence-electron chi connectivity index (χ4n) is 6.26. The third-order valence-corrected chi connectivity index (χ3v) is 14.7. The van der Waals surface area contributed by atoms with Crippen LogP contribution in [0.3, 0.4) is 0 Å². The fraction of sp³-hybridized carbons (Fsp3) is 1.00. The van der Waals surface area contributed by atoms with Gasteiger partial charge in [-0.1, -0.05) is 103 Å². The molecule has 46 heavy (non-hydrogen) atoms. The highest BCUT2D eigenvalue weighted by Crippen LogP contribution is 2.21. The van der Waals surface area contributed by atoms with Gasteiger partial charge in [-0.15, -0.1) is 12.4 Å². The van der Waals surface area contributed by atoms with Crippen molar-refractivity contribution in [2.45, 2.75) is 176 Å². The molecule has 10 heteroatoms. The predicted molar refractivity (Wildman–Crippen MR) is 203 cm³/mol. The number of unbranched alkanes of at least 4 members (excludes halogenated alkanes) is 15. The van der Waals surface area contributed by atoms with Crippen LogP contribution in [0.15, 0.2) is 0 Å². The normalized spacial score (nSPS) is 12.3. The van der Waals surface area contributed by atoms with Crippen molar-refractivity contribution in [1.29, 1.82) is 0 Å². The average Bonchev–Trinajstić information content (AvgIpc) is 3.01. The van der Waals surface area contributed by atoms with Crippen LogP contribution in [0.25, 0.3) is 0 Å². The highest BCUT2D eigenvalue weighted by atomic mass is 35.5. The van der Waals surface area contributed by atoms with Crippen molar-refractivity contribution in [2.24, 2.45) is 0 Å². The molecule has 0 atom stereocenters. The summed E-state index contributed by atoms with van der Waals surface area (Å²) in [5.41, 5.74) is 0. The minimum absolute atomic E-state index is 0. The highest BCUT2D eigenvalue weighted by Gasteiger charge is 2.41. The van der Waals surface area contributed by atoms with Crippen LogP contribution in [0.4, 0.5) is 0 Å². The van der Waals surface area contributed by atoms with Crippen molar-refractivity contribution in [3.05, 3.63) is 0 Å². The first kappa shape index (κ1) is 48.6. The zero-order valence-electron chi connectivity index (χ0n) is 31.8. The molecular formula is C36H80ClNO6Si2. The summed E-state index contributed by atoms with van der Waals surface area (Å²) in [6.45, 7) is 21.5. The summed E-state index contributed by atoms with van der Waals surface area (Å²) in [7, 11) is -5.22. The van der Waals surface area contributed by atoms with Gasteiger partial charge in [0.2, 0.25) is 0 Å². The summed E-state index contributed by atoms with van der Waals surface area (Å²) in [6, 6.07) is 1.74. The van der Waals surface area contributed by atoms with Crippen LogP contribution in [0.2, 0.25) is 12.1 Å². The van der Waals surface area contributed by atoms with Crippen LogP contribution in [0, 0.1) is 0 Å². The molecule has 0 heterocycles. The van der Waals surface area contributed by atoms with Crippen molar-refractivity contribution in [2.75, 3.05) is 59.3 Å². The van der Waals surface area contributed by atoms with E-state index >= 15 is 0 Å². The van der Waals surface area contributed by atoms with E-state index in [9.17, 15) is 0 Å². The molecule has 0 aliphatic heterocycles. The molecule has 280 valence electrons. The lowest BCUT2D eigenvalue weighted by Crippen LogP contribution is -2.47. The second-order valence-electron chi connectivity index (χ2n) is 12.3. The van der Waals surface area contributed by atoms with Gasteiger partial charge in [0.25, 0.3) is 0 Å². The van der Waals surface area contributed by atoms with E-state index in [0.29, 0.717) is 39.6 Å². The Balaban J connectivity index is 0. The summed E-state index contributed by atoms with van der Waals surface area (Å²) in [5.74, 6) is 0. The van der Waals surface area contributed by atoms with E-state index < -0.39 is 17.6 Å². The molecule has 0 unspecified atom stereocenters. The number of hydrogen-bond donors (Lipinski definition) is 0. The summed E-state index contributed by atoms with van der Waals surface area (Å²) in [6.07, 6.45) is 24.5. The van der Waals surface area contributed by atoms with Gasteiger partial charge in [-0.25, -0.2) is 0 Å². The molecule has 0 aromatic heterocycles. The molecule has 0 fully saturated rings. The van der Waals surface area contributed by atoms with Crippen molar-refractivity contribution in [3.8, 4) is 0 Å². The second kappa shape index (κ2) is 35.3. The molecule has 0 aromatic carbocycles. The van der Waals surface area contributed by atoms with E-state index in [1.54, 1.807) is 0 Å². The van der Waals surface area contributed by atoms with E-state index in [2.05, 4.69) is 11.8 Å². The Hall–Kier alpha value is 0.444. The third kappa shape index (κ3) is 26.3. The van der Waals surface area contributed by atoms with Gasteiger partial charge in [-0.05, 0) is 80.4 Å². The lowest BCUT2D eigenvalue weighted by atomic mass is 10.0. The van der Waals surface area contributed by atoms with Crippen LogP contribution < -0.4 is 0 Å². The number of nitrogens with zero attached hydrogens (tertiary/aromatic N) is 1. The fourth-order valence-corrected chi connectivity index (χ4v) is 11.4. The Morgan fingerprint density at radius 3 is 0.826 bits per heavy atom. The monoisotopic (exact) mass is 714 g/mol. The first-order valence-corrected chi connectivity index (χ1v) is 23.4. The van der Waals surface area contributed by atoms with Crippen molar-refractivity contribution in [1.82, 2.24) is 4.90 Å². The van der Waals surface area contributed by atoms with Crippen LogP contribution in [0.5, 0.6) is 0 Å². The van der Waals surface area contributed by atoms with Crippen LogP contribution in [-0.2, 0) is 26.6 Å². The lowest BCUT2D eigenvalue weighted by molar-refractivity contribution is 0.0692. The predicted octanol–water partition coefficient (Wildman–Crippen LogP) is 10.8. The summed E-state index contributed by atoms with van der Waals surface area (Å²) in [4.78, 5) is 2.63. The Bertz CT molecular complexity index is 545. The van der Waals surface area contributed by atoms with Crippen molar-refractivity contribution < 1.29 is 26.6 Å². The molecule has 0 aliphatic rings. The largest absolute Gasteiger partial charge is 0.500 e. The molecule has 0 aromatic rings. The van der Waals surface area contributed by atoms with Gasteiger partial charge in [0.05, 0.1) is 0 Å². The molecule has 0 saturated carbocycles. The quantitative estimate of drug-likeness (QED) is 0.0469. The molecule has 0 saturated heterocycles. The molecule has 0 spiro atoms. The van der Waals surface area contributed by atoms with Gasteiger partial charge in [-0.3, -0.25) is 0 Å². The second-order valence-corrected chi connectivity index (χ2v) is 17.8. The van der Waals surface area contributed by atoms with Gasteiger partial charge in [-0.2, -0.15) is 0 Å². The van der Waals surface area contributed by atoms with Gasteiger partial charge >= 0.3 is 17.6 Å². The zero-order valence-corrected chi connectivity index (χ0v) is 34.6. The Morgan fingerprint density at radius 1 is 0.326 bits per heavy atom. The smallest absolute Gasteiger partial charge is 0.374 e. The number of halogens is 1. The van der Waals surface area contributed by atoms with E-state index in [1.165, 1.54) is 103 Å². The lowest BCUT2D eigenvalue weighted by Gasteiger charge is -2.31. The first-order valence-electron chi connectivity index (χ1n) is 19.6. The molecule has 0 rings (SSSR count). The average molecular weight is 715 g/mol. The molecule has 0 radical (unpaired) electrons. The third-order valence-electron chi connectivity index (χ3n) is 8.43. The summed E-state index contributed by atoms with van der Waals surface area (Å²) >= 11 is 0. The molecule has 0 amide bonds. The Morgan fingerprint density at radius 2 is 0.565 bits per heavy atom. The summed E-state index contributed by atoms with van der Waals surface area (Å²) in [5, 5.41) is 0. The molecular weight excluding hydrogens is 634 g/mol. The van der Waals surface area contributed by atoms with Crippen molar-refractivity contribution in [3.63, 3.8) is 0 Å². The topological polar surface area (TPSA) is 58.6 Å². The maximum absolute atomic E-state index is 6.12. The molecule has 7 nitrogen and oxygen atoms in total. The number of hydrogen-bond acceptors (Lipinski definition) is 7. The molecule has 0 aliphatic carbocycles. The Kier molecular flexibility index (Phi) is 37.2. The van der Waals surface area contributed by atoms with Gasteiger partial charge in [0, 0.05) is 51.7 Å². The van der Waals surface area contributed by atoms with Crippen LogP contribution in [0.1, 0.15) is 164 Å². The maximum atomic E-state index is 6.12.